The van der Waals surface area contributed by atoms with Gasteiger partial charge in [-0.1, -0.05) is 16.9 Å². The summed E-state index contributed by atoms with van der Waals surface area (Å²) in [6.45, 7) is -0.0635. The fourth-order valence-electron chi connectivity index (χ4n) is 3.61. The molecule has 0 spiro atoms. The summed E-state index contributed by atoms with van der Waals surface area (Å²) in [5.74, 6) is -1.94. The lowest BCUT2D eigenvalue weighted by atomic mass is 9.89. The largest absolute Gasteiger partial charge is 0.481 e. The van der Waals surface area contributed by atoms with Crippen LogP contribution in [-0.4, -0.2) is 114 Å². The lowest BCUT2D eigenvalue weighted by Crippen LogP contribution is -2.74. The van der Waals surface area contributed by atoms with Gasteiger partial charge in [0.2, 0.25) is 17.5 Å². The summed E-state index contributed by atoms with van der Waals surface area (Å²) >= 11 is 3.46. The van der Waals surface area contributed by atoms with Gasteiger partial charge in [0.1, 0.15) is 29.1 Å². The van der Waals surface area contributed by atoms with Crippen molar-refractivity contribution in [2.45, 2.75) is 16.6 Å². The van der Waals surface area contributed by atoms with Crippen molar-refractivity contribution in [3.8, 4) is 0 Å². The van der Waals surface area contributed by atoms with Gasteiger partial charge in [-0.15, -0.1) is 28.2 Å². The topological polar surface area (TPSA) is 220 Å². The molecule has 2 aromatic heterocycles. The maximum Gasteiger partial charge on any atom is 0.313 e. The minimum atomic E-state index is -1.24. The molecule has 39 heavy (non-hydrogen) atoms. The number of fused-ring (bicyclic) bond motifs is 1. The van der Waals surface area contributed by atoms with Crippen molar-refractivity contribution in [2.75, 3.05) is 36.6 Å². The number of carboxylic acid groups (broad SMARTS) is 1. The number of oxime groups is 1. The Bertz CT molecular complexity index is 1290. The molecule has 17 nitrogen and oxygen atoms in total. The van der Waals surface area contributed by atoms with Gasteiger partial charge >= 0.3 is 5.97 Å². The summed E-state index contributed by atoms with van der Waals surface area (Å²) in [5.41, 5.74) is -1.43. The number of ether oxygens (including phenoxy) is 1. The van der Waals surface area contributed by atoms with Crippen LogP contribution in [-0.2, 0) is 40.6 Å². The number of hydrogen-bond acceptors (Lipinski definition) is 15. The molecule has 0 aromatic carbocycles. The van der Waals surface area contributed by atoms with Crippen molar-refractivity contribution >= 4 is 76.4 Å². The average Bonchev–Trinajstić information content (AvgIpc) is 3.56. The first-order valence-electron chi connectivity index (χ1n) is 11.0. The number of amides is 3. The number of nitrogens with zero attached hydrogens (tertiary/aromatic N) is 7. The van der Waals surface area contributed by atoms with E-state index in [1.165, 1.54) is 38.5 Å². The highest BCUT2D eigenvalue weighted by atomic mass is 32.2. The molecule has 2 aromatic rings. The van der Waals surface area contributed by atoms with E-state index in [-0.39, 0.29) is 54.3 Å². The van der Waals surface area contributed by atoms with Crippen molar-refractivity contribution in [1.82, 2.24) is 35.4 Å². The average molecular weight is 600 g/mol. The van der Waals surface area contributed by atoms with Gasteiger partial charge in [-0.05, 0) is 10.4 Å². The van der Waals surface area contributed by atoms with E-state index in [0.29, 0.717) is 11.6 Å². The zero-order valence-corrected chi connectivity index (χ0v) is 22.5. The fourth-order valence-corrected chi connectivity index (χ4v) is 6.97. The molecule has 20 heteroatoms. The van der Waals surface area contributed by atoms with E-state index in [4.69, 9.17) is 4.84 Å². The lowest BCUT2D eigenvalue weighted by molar-refractivity contribution is -0.157. The molecule has 2 fully saturated rings. The number of aliphatic carboxylic acids is 1. The van der Waals surface area contributed by atoms with Gasteiger partial charge in [0.25, 0.3) is 12.4 Å². The Hall–Kier alpha value is -3.78. The molecule has 3 N–H and O–H groups in total. The monoisotopic (exact) mass is 599 g/mol. The number of hydrogen-bond donors (Lipinski definition) is 3. The van der Waals surface area contributed by atoms with Gasteiger partial charge in [-0.3, -0.25) is 24.0 Å². The van der Waals surface area contributed by atoms with E-state index in [1.54, 1.807) is 7.05 Å². The van der Waals surface area contributed by atoms with Crippen LogP contribution < -0.4 is 10.6 Å². The number of carbonyl (C=O) groups excluding carboxylic acids is 4. The second-order valence-corrected chi connectivity index (χ2v) is 11.0. The smallest absolute Gasteiger partial charge is 0.313 e. The van der Waals surface area contributed by atoms with Crippen LogP contribution in [0.1, 0.15) is 5.69 Å². The SMILES string of the molecule is Cn1nnnc1SCC1(C(=O)O)CS[C@@H]2C(NC(=O)C(=NOCCOC=O)c3csc(NC=O)n3)C(=O)N2C1. The quantitative estimate of drug-likeness (QED) is 0.0556. The maximum absolute atomic E-state index is 13.1. The lowest BCUT2D eigenvalue weighted by Gasteiger charge is -2.53. The van der Waals surface area contributed by atoms with Gasteiger partial charge in [0, 0.05) is 30.5 Å². The number of tetrazole rings is 1. The number of β-lactam (4-membered cyclic amide) rings is 1. The van der Waals surface area contributed by atoms with Crippen molar-refractivity contribution in [1.29, 1.82) is 0 Å². The minimum Gasteiger partial charge on any atom is -0.481 e. The van der Waals surface area contributed by atoms with Crippen LogP contribution in [0.2, 0.25) is 0 Å². The first-order valence-corrected chi connectivity index (χ1v) is 13.9. The Balaban J connectivity index is 1.43. The van der Waals surface area contributed by atoms with E-state index in [0.717, 1.165) is 11.3 Å². The van der Waals surface area contributed by atoms with Gasteiger partial charge in [0.05, 0.1) is 0 Å². The molecule has 2 aliphatic heterocycles. The molecule has 4 rings (SSSR count). The summed E-state index contributed by atoms with van der Waals surface area (Å²) in [5, 5.41) is 31.5. The highest BCUT2D eigenvalue weighted by molar-refractivity contribution is 8.00. The molecular weight excluding hydrogens is 578 g/mol. The molecule has 2 saturated heterocycles. The highest BCUT2D eigenvalue weighted by Gasteiger charge is 2.57. The Kier molecular flexibility index (Phi) is 8.97. The van der Waals surface area contributed by atoms with Crippen LogP contribution in [0.5, 0.6) is 0 Å². The third-order valence-electron chi connectivity index (χ3n) is 5.60. The Labute approximate surface area is 232 Å². The first-order chi connectivity index (χ1) is 18.8. The minimum absolute atomic E-state index is 0.0446. The van der Waals surface area contributed by atoms with E-state index in [1.807, 2.05) is 0 Å². The van der Waals surface area contributed by atoms with Crippen LogP contribution in [0.15, 0.2) is 15.7 Å². The second-order valence-electron chi connectivity index (χ2n) is 8.12. The standard InChI is InChI=1S/C19H21N9O8S3/c1-27-18(23-25-26-27)39-7-19(16(33)34)5-28-14(32)12(15(28)38-6-19)22-13(31)11(24-36-3-2-35-9-30)10-4-37-17(21-10)20-8-29/h4,8-9,12,15H,2-3,5-7H2,1H3,(H,22,31)(H,33,34)(H,20,21,29)/t12?,15-,19?/m1/s1. The molecule has 4 heterocycles. The number of anilines is 1. The number of thioether (sulfide) groups is 2. The maximum atomic E-state index is 13.1. The van der Waals surface area contributed by atoms with Crippen LogP contribution in [0.3, 0.4) is 0 Å². The number of nitrogens with one attached hydrogen (secondary N) is 2. The molecule has 3 amide bonds. The zero-order chi connectivity index (χ0) is 28.0. The van der Waals surface area contributed by atoms with E-state index >= 15 is 0 Å². The van der Waals surface area contributed by atoms with Gasteiger partial charge in [-0.25, -0.2) is 9.67 Å². The van der Waals surface area contributed by atoms with E-state index < -0.39 is 34.6 Å². The molecule has 2 aliphatic rings. The number of rotatable bonds is 14. The molecule has 0 bridgehead atoms. The van der Waals surface area contributed by atoms with E-state index in [9.17, 15) is 29.1 Å². The van der Waals surface area contributed by atoms with Crippen molar-refractivity contribution < 1.29 is 38.7 Å². The van der Waals surface area contributed by atoms with Crippen molar-refractivity contribution in [3.05, 3.63) is 11.1 Å². The second kappa shape index (κ2) is 12.4. The first kappa shape index (κ1) is 28.2. The Morgan fingerprint density at radius 1 is 1.38 bits per heavy atom. The van der Waals surface area contributed by atoms with Gasteiger partial charge in [0.15, 0.2) is 17.5 Å². The van der Waals surface area contributed by atoms with Gasteiger partial charge < -0.3 is 30.2 Å². The number of carbonyl (C=O) groups is 5. The van der Waals surface area contributed by atoms with Crippen LogP contribution >= 0.6 is 34.9 Å². The summed E-state index contributed by atoms with van der Waals surface area (Å²) in [6, 6.07) is -0.931. The van der Waals surface area contributed by atoms with E-state index in [2.05, 4.69) is 41.0 Å². The van der Waals surface area contributed by atoms with Crippen molar-refractivity contribution in [3.63, 3.8) is 0 Å². The Morgan fingerprint density at radius 2 is 2.21 bits per heavy atom. The third-order valence-corrected chi connectivity index (χ3v) is 9.27. The summed E-state index contributed by atoms with van der Waals surface area (Å²) in [6.07, 6.45) is 0.425. The van der Waals surface area contributed by atoms with Crippen LogP contribution in [0.4, 0.5) is 5.13 Å². The number of aromatic nitrogens is 5. The number of aryl methyl sites for hydroxylation is 1. The molecule has 208 valence electrons. The molecule has 0 saturated carbocycles. The molecule has 3 atom stereocenters. The predicted molar refractivity (Wildman–Crippen MR) is 136 cm³/mol. The van der Waals surface area contributed by atoms with Crippen LogP contribution in [0.25, 0.3) is 0 Å². The zero-order valence-electron chi connectivity index (χ0n) is 20.1. The van der Waals surface area contributed by atoms with Crippen LogP contribution in [0, 0.1) is 5.41 Å². The molecular formula is C19H21N9O8S3. The number of carboxylic acids is 1. The highest BCUT2D eigenvalue weighted by Crippen LogP contribution is 2.44. The van der Waals surface area contributed by atoms with Gasteiger partial charge in [-0.2, -0.15) is 0 Å². The summed E-state index contributed by atoms with van der Waals surface area (Å²) in [4.78, 5) is 69.9. The fraction of sp³-hybridized carbons (Fsp3) is 0.474. The summed E-state index contributed by atoms with van der Waals surface area (Å²) < 4.78 is 5.94. The Morgan fingerprint density at radius 3 is 2.90 bits per heavy atom. The third kappa shape index (κ3) is 6.11. The summed E-state index contributed by atoms with van der Waals surface area (Å²) in [7, 11) is 1.64. The molecule has 0 aliphatic carbocycles. The normalized spacial score (nSPS) is 22.3. The molecule has 2 unspecified atom stereocenters. The molecule has 0 radical (unpaired) electrons. The predicted octanol–water partition coefficient (Wildman–Crippen LogP) is -1.61. The number of thiazole rings is 1. The van der Waals surface area contributed by atoms with Crippen molar-refractivity contribution in [2.24, 2.45) is 17.6 Å².